The fourth-order valence-corrected chi connectivity index (χ4v) is 1.03. The van der Waals surface area contributed by atoms with Crippen LogP contribution in [0.4, 0.5) is 0 Å². The van der Waals surface area contributed by atoms with Crippen molar-refractivity contribution in [2.45, 2.75) is 27.2 Å². The van der Waals surface area contributed by atoms with E-state index in [-0.39, 0.29) is 17.4 Å². The molecule has 0 saturated heterocycles. The van der Waals surface area contributed by atoms with E-state index in [1.54, 1.807) is 6.92 Å². The molecule has 0 rings (SSSR count). The molecule has 5 nitrogen and oxygen atoms in total. The van der Waals surface area contributed by atoms with E-state index in [4.69, 9.17) is 0 Å². The number of hydrogen-bond acceptors (Lipinski definition) is 4. The fourth-order valence-electron chi connectivity index (χ4n) is 1.03. The summed E-state index contributed by atoms with van der Waals surface area (Å²) in [7, 11) is 4.03. The molecule has 110 valence electrons. The van der Waals surface area contributed by atoms with Gasteiger partial charge in [-0.15, -0.1) is 5.76 Å². The van der Waals surface area contributed by atoms with E-state index < -0.39 is 0 Å². The first-order chi connectivity index (χ1) is 8.66. The van der Waals surface area contributed by atoms with Gasteiger partial charge in [-0.25, -0.2) is 0 Å². The highest BCUT2D eigenvalue weighted by Crippen LogP contribution is 1.86. The fraction of sp³-hybridized carbons (Fsp3) is 0.571. The second-order valence-electron chi connectivity index (χ2n) is 4.56. The minimum Gasteiger partial charge on any atom is -0.876 e. The van der Waals surface area contributed by atoms with Crippen LogP contribution >= 0.6 is 0 Å². The van der Waals surface area contributed by atoms with Crippen molar-refractivity contribution >= 4 is 11.7 Å². The van der Waals surface area contributed by atoms with Crippen LogP contribution in [0.1, 0.15) is 27.2 Å². The second-order valence-corrected chi connectivity index (χ2v) is 4.56. The van der Waals surface area contributed by atoms with Crippen molar-refractivity contribution in [1.29, 1.82) is 0 Å². The quantitative estimate of drug-likeness (QED) is 0.432. The van der Waals surface area contributed by atoms with E-state index in [1.807, 2.05) is 14.1 Å². The molecule has 0 aromatic carbocycles. The Balaban J connectivity index is 0. The Hall–Kier alpha value is -1.62. The van der Waals surface area contributed by atoms with Crippen molar-refractivity contribution in [1.82, 2.24) is 10.2 Å². The van der Waals surface area contributed by atoms with Gasteiger partial charge in [-0.3, -0.25) is 9.59 Å². The standard InChI is InChI=1S/C9H18N2O.C5H8O2/c1-8(2)9(12)10-6-5-7-11(3)4;1-4(6)3-5(2)7/h1,5-7H2,2-4H3,(H,10,12);3,6H,1-2H3/p-1. The maximum Gasteiger partial charge on any atom is 0.246 e. The summed E-state index contributed by atoms with van der Waals surface area (Å²) in [5.74, 6) is -0.422. The summed E-state index contributed by atoms with van der Waals surface area (Å²) in [5, 5.41) is 12.8. The van der Waals surface area contributed by atoms with E-state index in [0.717, 1.165) is 25.6 Å². The molecule has 1 amide bonds. The van der Waals surface area contributed by atoms with Crippen molar-refractivity contribution in [3.63, 3.8) is 0 Å². The van der Waals surface area contributed by atoms with Gasteiger partial charge >= 0.3 is 0 Å². The molecule has 1 N–H and O–H groups in total. The number of hydrogen-bond donors (Lipinski definition) is 1. The average Bonchev–Trinajstić information content (AvgIpc) is 2.22. The number of nitrogens with zero attached hydrogens (tertiary/aromatic N) is 1. The van der Waals surface area contributed by atoms with Crippen LogP contribution in [0.5, 0.6) is 0 Å². The molecule has 0 aliphatic rings. The Kier molecular flexibility index (Phi) is 11.9. The largest absolute Gasteiger partial charge is 0.876 e. The first kappa shape index (κ1) is 19.7. The van der Waals surface area contributed by atoms with E-state index in [9.17, 15) is 14.7 Å². The molecule has 0 fully saturated rings. The number of nitrogens with one attached hydrogen (secondary N) is 1. The lowest BCUT2D eigenvalue weighted by Crippen LogP contribution is -2.27. The molecule has 0 atom stereocenters. The van der Waals surface area contributed by atoms with Crippen molar-refractivity contribution in [3.8, 4) is 0 Å². The average molecular weight is 269 g/mol. The Morgan fingerprint density at radius 2 is 1.79 bits per heavy atom. The monoisotopic (exact) mass is 269 g/mol. The molecular weight excluding hydrogens is 244 g/mol. The summed E-state index contributed by atoms with van der Waals surface area (Å²) < 4.78 is 0. The zero-order valence-corrected chi connectivity index (χ0v) is 12.6. The van der Waals surface area contributed by atoms with Gasteiger partial charge in [0, 0.05) is 12.1 Å². The van der Waals surface area contributed by atoms with Crippen LogP contribution in [0.2, 0.25) is 0 Å². The molecule has 19 heavy (non-hydrogen) atoms. The van der Waals surface area contributed by atoms with Crippen LogP contribution in [0.25, 0.3) is 0 Å². The highest BCUT2D eigenvalue weighted by molar-refractivity contribution is 5.92. The molecule has 0 bridgehead atoms. The predicted molar refractivity (Wildman–Crippen MR) is 75.4 cm³/mol. The van der Waals surface area contributed by atoms with Gasteiger partial charge in [0.15, 0.2) is 5.78 Å². The summed E-state index contributed by atoms with van der Waals surface area (Å²) in [6.45, 7) is 9.68. The zero-order valence-electron chi connectivity index (χ0n) is 12.6. The molecule has 0 radical (unpaired) electrons. The molecule has 0 aromatic heterocycles. The van der Waals surface area contributed by atoms with Crippen LogP contribution < -0.4 is 10.4 Å². The highest BCUT2D eigenvalue weighted by Gasteiger charge is 1.99. The second kappa shape index (κ2) is 11.5. The molecule has 0 spiro atoms. The number of allylic oxidation sites excluding steroid dienone is 2. The molecule has 0 saturated carbocycles. The smallest absolute Gasteiger partial charge is 0.246 e. The molecule has 0 aliphatic heterocycles. The Labute approximate surface area is 116 Å². The van der Waals surface area contributed by atoms with Crippen LogP contribution in [0.15, 0.2) is 24.0 Å². The first-order valence-electron chi connectivity index (χ1n) is 6.11. The van der Waals surface area contributed by atoms with E-state index in [0.29, 0.717) is 5.57 Å². The molecule has 0 aliphatic carbocycles. The van der Waals surface area contributed by atoms with E-state index in [2.05, 4.69) is 16.8 Å². The van der Waals surface area contributed by atoms with Gasteiger partial charge in [-0.1, -0.05) is 13.5 Å². The molecular formula is C14H25N2O3-. The number of carbonyl (C=O) groups is 2. The molecule has 5 heteroatoms. The first-order valence-corrected chi connectivity index (χ1v) is 6.11. The van der Waals surface area contributed by atoms with Gasteiger partial charge in [0.2, 0.25) is 5.91 Å². The van der Waals surface area contributed by atoms with Gasteiger partial charge < -0.3 is 15.3 Å². The van der Waals surface area contributed by atoms with Gasteiger partial charge in [0.05, 0.1) is 0 Å². The zero-order chi connectivity index (χ0) is 15.4. The summed E-state index contributed by atoms with van der Waals surface area (Å²) in [5.41, 5.74) is 0.569. The van der Waals surface area contributed by atoms with Gasteiger partial charge in [-0.05, 0) is 47.0 Å². The normalized spacial score (nSPS) is 10.5. The summed E-state index contributed by atoms with van der Waals surface area (Å²) in [6.07, 6.45) is 2.03. The third-order valence-electron chi connectivity index (χ3n) is 1.86. The van der Waals surface area contributed by atoms with Crippen LogP contribution in [0, 0.1) is 0 Å². The maximum atomic E-state index is 11.0. The lowest BCUT2D eigenvalue weighted by Gasteiger charge is -2.09. The van der Waals surface area contributed by atoms with E-state index in [1.165, 1.54) is 13.8 Å². The maximum absolute atomic E-state index is 11.0. The predicted octanol–water partition coefficient (Wildman–Crippen LogP) is 0.470. The molecule has 0 aromatic rings. The molecule has 0 heterocycles. The third-order valence-corrected chi connectivity index (χ3v) is 1.86. The Morgan fingerprint density at radius 3 is 2.05 bits per heavy atom. The summed E-state index contributed by atoms with van der Waals surface area (Å²) in [4.78, 5) is 23.0. The summed E-state index contributed by atoms with van der Waals surface area (Å²) >= 11 is 0. The van der Waals surface area contributed by atoms with Crippen molar-refractivity contribution < 1.29 is 14.7 Å². The molecule has 0 unspecified atom stereocenters. The van der Waals surface area contributed by atoms with Crippen LogP contribution in [-0.2, 0) is 9.59 Å². The number of carbonyl (C=O) groups excluding carboxylic acids is 2. The number of ketones is 1. The van der Waals surface area contributed by atoms with Gasteiger partial charge in [0.1, 0.15) is 0 Å². The SMILES string of the molecule is C=C(C)C(=O)NCCCN(C)C.CC(=O)C=C(C)[O-]. The Morgan fingerprint density at radius 1 is 1.26 bits per heavy atom. The number of rotatable bonds is 6. The summed E-state index contributed by atoms with van der Waals surface area (Å²) in [6, 6.07) is 0. The van der Waals surface area contributed by atoms with Crippen LogP contribution in [-0.4, -0.2) is 43.8 Å². The minimum atomic E-state index is -0.187. The highest BCUT2D eigenvalue weighted by atomic mass is 16.3. The van der Waals surface area contributed by atoms with E-state index >= 15 is 0 Å². The lowest BCUT2D eigenvalue weighted by molar-refractivity contribution is -0.301. The van der Waals surface area contributed by atoms with Gasteiger partial charge in [0.25, 0.3) is 0 Å². The van der Waals surface area contributed by atoms with Gasteiger partial charge in [-0.2, -0.15) is 0 Å². The Bertz CT molecular complexity index is 330. The van der Waals surface area contributed by atoms with Crippen molar-refractivity contribution in [2.24, 2.45) is 0 Å². The lowest BCUT2D eigenvalue weighted by atomic mass is 10.3. The topological polar surface area (TPSA) is 72.5 Å². The van der Waals surface area contributed by atoms with Crippen LogP contribution in [0.3, 0.4) is 0 Å². The third kappa shape index (κ3) is 18.9. The minimum absolute atomic E-state index is 0.0474. The van der Waals surface area contributed by atoms with Crippen molar-refractivity contribution in [3.05, 3.63) is 24.0 Å². The van der Waals surface area contributed by atoms with Crippen molar-refractivity contribution in [2.75, 3.05) is 27.2 Å². The number of amides is 1.